The second-order valence-electron chi connectivity index (χ2n) is 7.86. The predicted molar refractivity (Wildman–Crippen MR) is 118 cm³/mol. The Kier molecular flexibility index (Phi) is 6.55. The van der Waals surface area contributed by atoms with Crippen LogP contribution in [-0.2, 0) is 17.6 Å². The molecule has 0 spiro atoms. The van der Waals surface area contributed by atoms with Crippen molar-refractivity contribution in [3.05, 3.63) is 77.5 Å². The van der Waals surface area contributed by atoms with Gasteiger partial charge in [0.2, 0.25) is 5.91 Å². The fraction of sp³-hybridized carbons (Fsp3) is 0.360. The summed E-state index contributed by atoms with van der Waals surface area (Å²) in [7, 11) is 3.29. The Morgan fingerprint density at radius 1 is 1.13 bits per heavy atom. The number of methoxy groups -OCH3 is 2. The quantitative estimate of drug-likeness (QED) is 0.572. The van der Waals surface area contributed by atoms with E-state index in [1.807, 2.05) is 53.4 Å². The lowest BCUT2D eigenvalue weighted by Gasteiger charge is -2.31. The minimum absolute atomic E-state index is 0.110. The number of oxazole rings is 1. The van der Waals surface area contributed by atoms with Gasteiger partial charge < -0.3 is 18.8 Å². The van der Waals surface area contributed by atoms with E-state index in [2.05, 4.69) is 4.98 Å². The van der Waals surface area contributed by atoms with Crippen molar-refractivity contribution in [2.75, 3.05) is 27.3 Å². The lowest BCUT2D eigenvalue weighted by molar-refractivity contribution is -0.131. The number of hydrogen-bond acceptors (Lipinski definition) is 5. The molecular weight excluding hydrogens is 392 g/mol. The Morgan fingerprint density at radius 3 is 2.71 bits per heavy atom. The van der Waals surface area contributed by atoms with E-state index in [1.54, 1.807) is 20.4 Å². The molecule has 2 heterocycles. The van der Waals surface area contributed by atoms with E-state index in [0.717, 1.165) is 53.7 Å². The average molecular weight is 421 g/mol. The Labute approximate surface area is 182 Å². The van der Waals surface area contributed by atoms with Crippen molar-refractivity contribution < 1.29 is 18.7 Å². The lowest BCUT2D eigenvalue weighted by atomic mass is 9.97. The number of aromatic nitrogens is 1. The summed E-state index contributed by atoms with van der Waals surface area (Å²) in [5, 5.41) is 0. The van der Waals surface area contributed by atoms with E-state index >= 15 is 0 Å². The number of likely N-dealkylation sites (tertiary alicyclic amines) is 1. The van der Waals surface area contributed by atoms with Crippen LogP contribution in [0.3, 0.4) is 0 Å². The van der Waals surface area contributed by atoms with Gasteiger partial charge in [-0.05, 0) is 36.6 Å². The van der Waals surface area contributed by atoms with Crippen LogP contribution in [-0.4, -0.2) is 43.1 Å². The highest BCUT2D eigenvalue weighted by atomic mass is 16.5. The smallest absolute Gasteiger partial charge is 0.227 e. The van der Waals surface area contributed by atoms with Crippen molar-refractivity contribution in [3.63, 3.8) is 0 Å². The minimum atomic E-state index is 0.110. The average Bonchev–Trinajstić information content (AvgIpc) is 3.28. The molecule has 0 saturated carbocycles. The zero-order valence-electron chi connectivity index (χ0n) is 18.0. The Morgan fingerprint density at radius 2 is 1.94 bits per heavy atom. The molecular formula is C25H28N2O4. The van der Waals surface area contributed by atoms with Crippen LogP contribution < -0.4 is 9.47 Å². The fourth-order valence-corrected chi connectivity index (χ4v) is 4.07. The van der Waals surface area contributed by atoms with Gasteiger partial charge in [-0.3, -0.25) is 4.79 Å². The number of amides is 1. The first kappa shape index (κ1) is 21.0. The highest BCUT2D eigenvalue weighted by Gasteiger charge is 2.28. The number of rotatable bonds is 7. The van der Waals surface area contributed by atoms with Crippen LogP contribution in [0.5, 0.6) is 11.5 Å². The molecule has 1 aromatic heterocycles. The summed E-state index contributed by atoms with van der Waals surface area (Å²) in [5.74, 6) is 3.37. The summed E-state index contributed by atoms with van der Waals surface area (Å²) < 4.78 is 16.7. The third kappa shape index (κ3) is 5.08. The lowest BCUT2D eigenvalue weighted by Crippen LogP contribution is -2.40. The molecule has 0 aliphatic carbocycles. The van der Waals surface area contributed by atoms with Gasteiger partial charge in [-0.15, -0.1) is 0 Å². The zero-order chi connectivity index (χ0) is 21.6. The van der Waals surface area contributed by atoms with Gasteiger partial charge in [0.15, 0.2) is 5.89 Å². The number of benzene rings is 2. The number of carbonyl (C=O) groups excluding carboxylic acids is 1. The van der Waals surface area contributed by atoms with Gasteiger partial charge in [-0.25, -0.2) is 4.98 Å². The monoisotopic (exact) mass is 420 g/mol. The number of ether oxygens (including phenoxy) is 2. The topological polar surface area (TPSA) is 64.8 Å². The molecule has 0 radical (unpaired) electrons. The molecule has 4 rings (SSSR count). The van der Waals surface area contributed by atoms with Gasteiger partial charge in [0.1, 0.15) is 17.3 Å². The summed E-state index contributed by atoms with van der Waals surface area (Å²) in [4.78, 5) is 19.4. The maximum atomic E-state index is 12.9. The Hall–Kier alpha value is -3.28. The molecule has 162 valence electrons. The maximum Gasteiger partial charge on any atom is 0.227 e. The van der Waals surface area contributed by atoms with Gasteiger partial charge in [0.25, 0.3) is 0 Å². The zero-order valence-corrected chi connectivity index (χ0v) is 18.0. The van der Waals surface area contributed by atoms with E-state index < -0.39 is 0 Å². The molecule has 31 heavy (non-hydrogen) atoms. The molecule has 0 N–H and O–H groups in total. The first-order valence-electron chi connectivity index (χ1n) is 10.6. The van der Waals surface area contributed by atoms with Gasteiger partial charge >= 0.3 is 0 Å². The van der Waals surface area contributed by atoms with Crippen LogP contribution in [0.15, 0.2) is 59.1 Å². The molecule has 1 fully saturated rings. The van der Waals surface area contributed by atoms with Gasteiger partial charge in [-0.2, -0.15) is 0 Å². The number of hydrogen-bond donors (Lipinski definition) is 0. The first-order valence-corrected chi connectivity index (χ1v) is 10.6. The van der Waals surface area contributed by atoms with Crippen LogP contribution in [0.25, 0.3) is 0 Å². The van der Waals surface area contributed by atoms with Crippen LogP contribution in [0.1, 0.15) is 41.5 Å². The Bertz CT molecular complexity index is 1010. The molecule has 6 nitrogen and oxygen atoms in total. The van der Waals surface area contributed by atoms with Crippen LogP contribution >= 0.6 is 0 Å². The van der Waals surface area contributed by atoms with Crippen molar-refractivity contribution in [1.82, 2.24) is 9.88 Å². The van der Waals surface area contributed by atoms with Gasteiger partial charge in [0, 0.05) is 25.1 Å². The highest BCUT2D eigenvalue weighted by molar-refractivity contribution is 5.79. The number of piperidine rings is 1. The fourth-order valence-electron chi connectivity index (χ4n) is 4.07. The van der Waals surface area contributed by atoms with E-state index in [4.69, 9.17) is 13.9 Å². The summed E-state index contributed by atoms with van der Waals surface area (Å²) in [5.41, 5.74) is 2.05. The van der Waals surface area contributed by atoms with Crippen molar-refractivity contribution in [2.45, 2.75) is 31.6 Å². The van der Waals surface area contributed by atoms with Crippen molar-refractivity contribution in [1.29, 1.82) is 0 Å². The first-order chi connectivity index (χ1) is 15.2. The molecule has 1 amide bonds. The van der Waals surface area contributed by atoms with E-state index in [0.29, 0.717) is 19.4 Å². The van der Waals surface area contributed by atoms with Crippen LogP contribution in [0.2, 0.25) is 0 Å². The second kappa shape index (κ2) is 9.69. The van der Waals surface area contributed by atoms with E-state index in [-0.39, 0.29) is 11.8 Å². The van der Waals surface area contributed by atoms with Gasteiger partial charge in [-0.1, -0.05) is 30.3 Å². The molecule has 6 heteroatoms. The standard InChI is InChI=1S/C25H28N2O4/c1-29-21-11-9-18(10-12-21)14-22-16-26-25(31-22)20-7-5-13-27(17-20)24(28)15-19-6-3-4-8-23(19)30-2/h3-4,6,8-12,16,20H,5,7,13-15,17H2,1-2H3. The SMILES string of the molecule is COc1ccc(Cc2cnc(C3CCCN(C(=O)Cc4ccccc4OC)C3)o2)cc1. The summed E-state index contributed by atoms with van der Waals surface area (Å²) >= 11 is 0. The number of para-hydroxylation sites is 1. The third-order valence-electron chi connectivity index (χ3n) is 5.77. The normalized spacial score (nSPS) is 16.2. The highest BCUT2D eigenvalue weighted by Crippen LogP contribution is 2.28. The van der Waals surface area contributed by atoms with Crippen LogP contribution in [0.4, 0.5) is 0 Å². The summed E-state index contributed by atoms with van der Waals surface area (Å²) in [6.07, 6.45) is 4.74. The van der Waals surface area contributed by atoms with E-state index in [1.165, 1.54) is 0 Å². The summed E-state index contributed by atoms with van der Waals surface area (Å²) in [6, 6.07) is 15.6. The number of carbonyl (C=O) groups is 1. The van der Waals surface area contributed by atoms with Crippen molar-refractivity contribution >= 4 is 5.91 Å². The third-order valence-corrected chi connectivity index (χ3v) is 5.77. The molecule has 1 atom stereocenters. The Balaban J connectivity index is 1.38. The maximum absolute atomic E-state index is 12.9. The largest absolute Gasteiger partial charge is 0.497 e. The molecule has 3 aromatic rings. The summed E-state index contributed by atoms with van der Waals surface area (Å²) in [6.45, 7) is 1.40. The molecule has 2 aromatic carbocycles. The van der Waals surface area contributed by atoms with Gasteiger partial charge in [0.05, 0.1) is 32.8 Å². The predicted octanol–water partition coefficient (Wildman–Crippen LogP) is 4.23. The molecule has 1 saturated heterocycles. The molecule has 1 unspecified atom stereocenters. The molecule has 1 aliphatic heterocycles. The molecule has 0 bridgehead atoms. The molecule has 1 aliphatic rings. The van der Waals surface area contributed by atoms with Crippen LogP contribution in [0, 0.1) is 0 Å². The van der Waals surface area contributed by atoms with Crippen molar-refractivity contribution in [3.8, 4) is 11.5 Å². The van der Waals surface area contributed by atoms with Crippen molar-refractivity contribution in [2.24, 2.45) is 0 Å². The van der Waals surface area contributed by atoms with E-state index in [9.17, 15) is 4.79 Å². The number of nitrogens with zero attached hydrogens (tertiary/aromatic N) is 2. The second-order valence-corrected chi connectivity index (χ2v) is 7.86. The minimum Gasteiger partial charge on any atom is -0.497 e.